The lowest BCUT2D eigenvalue weighted by Gasteiger charge is -2.02. The Hall–Kier alpha value is -0.0800. The molecular formula is C6H13NO. The molecule has 2 heteroatoms. The number of epoxide rings is 1. The Morgan fingerprint density at radius 1 is 1.50 bits per heavy atom. The molecule has 1 rings (SSSR count). The third-order valence-corrected chi connectivity index (χ3v) is 1.94. The van der Waals surface area contributed by atoms with E-state index in [0.29, 0.717) is 0 Å². The van der Waals surface area contributed by atoms with Crippen LogP contribution < -0.4 is 5.73 Å². The lowest BCUT2D eigenvalue weighted by atomic mass is 10.0. The first-order valence-electron chi connectivity index (χ1n) is 3.01. The van der Waals surface area contributed by atoms with Crippen molar-refractivity contribution in [3.63, 3.8) is 0 Å². The quantitative estimate of drug-likeness (QED) is 0.515. The smallest absolute Gasteiger partial charge is 0.146 e. The molecule has 0 saturated carbocycles. The van der Waals surface area contributed by atoms with E-state index >= 15 is 0 Å². The monoisotopic (exact) mass is 115 g/mol. The highest BCUT2D eigenvalue weighted by atomic mass is 16.6. The molecule has 8 heavy (non-hydrogen) atoms. The van der Waals surface area contributed by atoms with Gasteiger partial charge in [-0.25, -0.2) is 0 Å². The lowest BCUT2D eigenvalue weighted by Crippen LogP contribution is -2.30. The van der Waals surface area contributed by atoms with Gasteiger partial charge in [0.1, 0.15) is 11.3 Å². The molecule has 0 amide bonds. The molecule has 48 valence electrons. The first-order chi connectivity index (χ1) is 3.52. The zero-order chi connectivity index (χ0) is 6.41. The number of ether oxygens (including phenoxy) is 1. The summed E-state index contributed by atoms with van der Waals surface area (Å²) in [5.74, 6) is 0. The van der Waals surface area contributed by atoms with Gasteiger partial charge in [0.2, 0.25) is 0 Å². The van der Waals surface area contributed by atoms with E-state index in [4.69, 9.17) is 10.5 Å². The summed E-state index contributed by atoms with van der Waals surface area (Å²) in [5, 5.41) is 0. The van der Waals surface area contributed by atoms with Gasteiger partial charge in [0.15, 0.2) is 0 Å². The zero-order valence-corrected chi connectivity index (χ0v) is 5.69. The third kappa shape index (κ3) is 0.565. The predicted molar refractivity (Wildman–Crippen MR) is 32.4 cm³/mol. The Kier molecular flexibility index (Phi) is 0.946. The molecular weight excluding hydrogens is 102 g/mol. The normalized spacial score (nSPS) is 42.0. The van der Waals surface area contributed by atoms with E-state index in [9.17, 15) is 0 Å². The summed E-state index contributed by atoms with van der Waals surface area (Å²) in [5.41, 5.74) is 5.32. The minimum absolute atomic E-state index is 0.0677. The first-order valence-corrected chi connectivity index (χ1v) is 3.01. The maximum atomic E-state index is 5.70. The van der Waals surface area contributed by atoms with Gasteiger partial charge in [-0.2, -0.15) is 0 Å². The third-order valence-electron chi connectivity index (χ3n) is 1.94. The van der Waals surface area contributed by atoms with E-state index in [2.05, 4.69) is 0 Å². The molecule has 1 atom stereocenters. The van der Waals surface area contributed by atoms with Crippen molar-refractivity contribution in [3.8, 4) is 0 Å². The Balaban J connectivity index is 2.55. The summed E-state index contributed by atoms with van der Waals surface area (Å²) >= 11 is 0. The van der Waals surface area contributed by atoms with E-state index in [1.54, 1.807) is 0 Å². The Labute approximate surface area is 50.0 Å². The van der Waals surface area contributed by atoms with Gasteiger partial charge in [-0.3, -0.25) is 0 Å². The van der Waals surface area contributed by atoms with Gasteiger partial charge in [-0.15, -0.1) is 0 Å². The highest BCUT2D eigenvalue weighted by Crippen LogP contribution is 2.44. The van der Waals surface area contributed by atoms with Crippen LogP contribution in [0.1, 0.15) is 27.2 Å². The van der Waals surface area contributed by atoms with Crippen molar-refractivity contribution in [2.24, 2.45) is 5.73 Å². The number of hydrogen-bond acceptors (Lipinski definition) is 2. The van der Waals surface area contributed by atoms with Gasteiger partial charge < -0.3 is 10.5 Å². The molecule has 2 nitrogen and oxygen atoms in total. The summed E-state index contributed by atoms with van der Waals surface area (Å²) in [6, 6.07) is 0. The topological polar surface area (TPSA) is 38.5 Å². The van der Waals surface area contributed by atoms with Gasteiger partial charge in [-0.05, 0) is 20.3 Å². The van der Waals surface area contributed by atoms with Crippen LogP contribution in [0.15, 0.2) is 0 Å². The molecule has 0 aliphatic carbocycles. The van der Waals surface area contributed by atoms with Crippen LogP contribution in [0.25, 0.3) is 0 Å². The van der Waals surface area contributed by atoms with Crippen molar-refractivity contribution in [2.45, 2.75) is 38.5 Å². The SMILES string of the molecule is CCC1(N)OC1(C)C. The average Bonchev–Trinajstić information content (AvgIpc) is 2.10. The maximum Gasteiger partial charge on any atom is 0.146 e. The van der Waals surface area contributed by atoms with E-state index in [1.165, 1.54) is 0 Å². The van der Waals surface area contributed by atoms with Crippen LogP contribution in [0.3, 0.4) is 0 Å². The predicted octanol–water partition coefficient (Wildman–Crippen LogP) is 0.860. The van der Waals surface area contributed by atoms with Crippen molar-refractivity contribution >= 4 is 0 Å². The summed E-state index contributed by atoms with van der Waals surface area (Å²) < 4.78 is 5.22. The summed E-state index contributed by atoms with van der Waals surface area (Å²) in [4.78, 5) is 0. The Morgan fingerprint density at radius 3 is 1.88 bits per heavy atom. The van der Waals surface area contributed by atoms with Crippen LogP contribution in [-0.2, 0) is 4.74 Å². The van der Waals surface area contributed by atoms with Crippen molar-refractivity contribution in [3.05, 3.63) is 0 Å². The van der Waals surface area contributed by atoms with Gasteiger partial charge in [0.05, 0.1) is 0 Å². The summed E-state index contributed by atoms with van der Waals surface area (Å²) in [6.07, 6.45) is 0.903. The summed E-state index contributed by atoms with van der Waals surface area (Å²) in [7, 11) is 0. The van der Waals surface area contributed by atoms with Crippen LogP contribution in [0.5, 0.6) is 0 Å². The van der Waals surface area contributed by atoms with Gasteiger partial charge in [0.25, 0.3) is 0 Å². The number of rotatable bonds is 1. The van der Waals surface area contributed by atoms with Crippen molar-refractivity contribution < 1.29 is 4.74 Å². The minimum atomic E-state index is -0.312. The average molecular weight is 115 g/mol. The van der Waals surface area contributed by atoms with E-state index in [1.807, 2.05) is 20.8 Å². The van der Waals surface area contributed by atoms with Gasteiger partial charge in [0, 0.05) is 0 Å². The highest BCUT2D eigenvalue weighted by molar-refractivity contribution is 5.05. The van der Waals surface area contributed by atoms with E-state index < -0.39 is 0 Å². The molecule has 0 aromatic rings. The van der Waals surface area contributed by atoms with Crippen LogP contribution in [0.4, 0.5) is 0 Å². The minimum Gasteiger partial charge on any atom is -0.348 e. The molecule has 0 radical (unpaired) electrons. The first kappa shape index (κ1) is 6.05. The van der Waals surface area contributed by atoms with Crippen LogP contribution in [0.2, 0.25) is 0 Å². The van der Waals surface area contributed by atoms with E-state index in [-0.39, 0.29) is 11.3 Å². The second-order valence-corrected chi connectivity index (χ2v) is 2.86. The number of nitrogens with two attached hydrogens (primary N) is 1. The second kappa shape index (κ2) is 1.25. The highest BCUT2D eigenvalue weighted by Gasteiger charge is 2.59. The molecule has 1 aliphatic rings. The molecule has 1 unspecified atom stereocenters. The standard InChI is InChI=1S/C6H13NO/c1-4-6(7)5(2,3)8-6/h4,7H2,1-3H3. The van der Waals surface area contributed by atoms with Crippen LogP contribution in [-0.4, -0.2) is 11.3 Å². The molecule has 0 bridgehead atoms. The molecule has 2 N–H and O–H groups in total. The molecule has 1 heterocycles. The molecule has 1 aliphatic heterocycles. The molecule has 1 fully saturated rings. The maximum absolute atomic E-state index is 5.70. The molecule has 0 aromatic carbocycles. The molecule has 1 saturated heterocycles. The zero-order valence-electron chi connectivity index (χ0n) is 5.69. The Morgan fingerprint density at radius 2 is 1.88 bits per heavy atom. The Bertz CT molecular complexity index is 111. The number of hydrogen-bond donors (Lipinski definition) is 1. The van der Waals surface area contributed by atoms with Gasteiger partial charge in [-0.1, -0.05) is 6.92 Å². The van der Waals surface area contributed by atoms with Gasteiger partial charge >= 0.3 is 0 Å². The van der Waals surface area contributed by atoms with Crippen LogP contribution in [0, 0.1) is 0 Å². The van der Waals surface area contributed by atoms with Crippen LogP contribution >= 0.6 is 0 Å². The van der Waals surface area contributed by atoms with Crippen molar-refractivity contribution in [2.75, 3.05) is 0 Å². The largest absolute Gasteiger partial charge is 0.348 e. The van der Waals surface area contributed by atoms with Crippen molar-refractivity contribution in [1.82, 2.24) is 0 Å². The fraction of sp³-hybridized carbons (Fsp3) is 1.00. The lowest BCUT2D eigenvalue weighted by molar-refractivity contribution is 0.274. The summed E-state index contributed by atoms with van der Waals surface area (Å²) in [6.45, 7) is 6.06. The molecule has 0 aromatic heterocycles. The fourth-order valence-corrected chi connectivity index (χ4v) is 0.928. The fourth-order valence-electron chi connectivity index (χ4n) is 0.928. The van der Waals surface area contributed by atoms with Crippen molar-refractivity contribution in [1.29, 1.82) is 0 Å². The second-order valence-electron chi connectivity index (χ2n) is 2.86. The molecule has 0 spiro atoms. The van der Waals surface area contributed by atoms with E-state index in [0.717, 1.165) is 6.42 Å².